The Labute approximate surface area is 274 Å². The summed E-state index contributed by atoms with van der Waals surface area (Å²) < 4.78 is 22.8. The second-order valence-corrected chi connectivity index (χ2v) is 12.5. The van der Waals surface area contributed by atoms with E-state index in [4.69, 9.17) is 18.9 Å². The van der Waals surface area contributed by atoms with Gasteiger partial charge >= 0.3 is 0 Å². The molecule has 0 aliphatic carbocycles. The van der Waals surface area contributed by atoms with Crippen LogP contribution >= 0.6 is 0 Å². The fourth-order valence-corrected chi connectivity index (χ4v) is 6.91. The van der Waals surface area contributed by atoms with Crippen LogP contribution in [0.2, 0.25) is 0 Å². The average Bonchev–Trinajstić information content (AvgIpc) is 3.11. The zero-order valence-corrected chi connectivity index (χ0v) is 27.8. The van der Waals surface area contributed by atoms with Gasteiger partial charge in [0, 0.05) is 62.7 Å². The lowest BCUT2D eigenvalue weighted by atomic mass is 9.87. The smallest absolute Gasteiger partial charge is 0.123 e. The monoisotopic (exact) mass is 620 g/mol. The van der Waals surface area contributed by atoms with Crippen molar-refractivity contribution in [1.82, 2.24) is 10.6 Å². The van der Waals surface area contributed by atoms with Crippen LogP contribution < -0.4 is 20.1 Å². The zero-order valence-electron chi connectivity index (χ0n) is 27.8. The highest BCUT2D eigenvalue weighted by molar-refractivity contribution is 5.84. The van der Waals surface area contributed by atoms with Gasteiger partial charge in [-0.15, -0.1) is 0 Å². The molecule has 2 heterocycles. The molecule has 2 aliphatic heterocycles. The summed E-state index contributed by atoms with van der Waals surface area (Å²) in [6.45, 7) is 9.37. The van der Waals surface area contributed by atoms with Crippen LogP contribution in [0.1, 0.15) is 47.9 Å². The fourth-order valence-electron chi connectivity index (χ4n) is 6.91. The van der Waals surface area contributed by atoms with Gasteiger partial charge < -0.3 is 29.6 Å². The predicted octanol–water partition coefficient (Wildman–Crippen LogP) is 7.86. The normalized spacial score (nSPS) is 16.0. The minimum atomic E-state index is 0.495. The van der Waals surface area contributed by atoms with E-state index in [1.165, 1.54) is 44.5 Å². The van der Waals surface area contributed by atoms with Crippen molar-refractivity contribution < 1.29 is 18.9 Å². The van der Waals surface area contributed by atoms with Crippen LogP contribution in [0.5, 0.6) is 11.5 Å². The van der Waals surface area contributed by atoms with Gasteiger partial charge in [-0.3, -0.25) is 0 Å². The van der Waals surface area contributed by atoms with Crippen LogP contribution in [-0.2, 0) is 22.6 Å². The minimum absolute atomic E-state index is 0.495. The molecule has 0 unspecified atom stereocenters. The molecular formula is C40H48N2O4. The summed E-state index contributed by atoms with van der Waals surface area (Å²) in [6, 6.07) is 27.4. The van der Waals surface area contributed by atoms with Gasteiger partial charge in [-0.1, -0.05) is 60.7 Å². The number of hydrogen-bond acceptors (Lipinski definition) is 6. The number of ether oxygens (including phenoxy) is 4. The SMILES string of the molecule is COc1cc(-c2cccc(-c3cccc(-c4ccc(CNC5CCOCC5)c(OC)c4)c3C)c2C)ccc1CNC1CCOCC1. The Morgan fingerprint density at radius 2 is 0.957 bits per heavy atom. The number of hydrogen-bond donors (Lipinski definition) is 2. The molecule has 242 valence electrons. The summed E-state index contributed by atoms with van der Waals surface area (Å²) in [5, 5.41) is 7.39. The lowest BCUT2D eigenvalue weighted by molar-refractivity contribution is 0.0774. The van der Waals surface area contributed by atoms with Crippen molar-refractivity contribution in [3.63, 3.8) is 0 Å². The van der Waals surface area contributed by atoms with Crippen molar-refractivity contribution >= 4 is 0 Å². The second-order valence-electron chi connectivity index (χ2n) is 12.5. The molecule has 2 N–H and O–H groups in total. The Hall–Kier alpha value is -3.68. The number of methoxy groups -OCH3 is 2. The molecule has 0 bridgehead atoms. The molecule has 2 fully saturated rings. The average molecular weight is 621 g/mol. The predicted molar refractivity (Wildman–Crippen MR) is 187 cm³/mol. The summed E-state index contributed by atoms with van der Waals surface area (Å²) in [5.41, 5.74) is 12.1. The molecule has 4 aromatic carbocycles. The first-order valence-corrected chi connectivity index (χ1v) is 16.7. The van der Waals surface area contributed by atoms with Gasteiger partial charge in [-0.25, -0.2) is 0 Å². The van der Waals surface area contributed by atoms with Crippen molar-refractivity contribution in [1.29, 1.82) is 0 Å². The van der Waals surface area contributed by atoms with E-state index in [2.05, 4.69) is 97.3 Å². The van der Waals surface area contributed by atoms with E-state index >= 15 is 0 Å². The Kier molecular flexibility index (Phi) is 10.7. The van der Waals surface area contributed by atoms with Crippen molar-refractivity contribution in [2.24, 2.45) is 0 Å². The van der Waals surface area contributed by atoms with Crippen LogP contribution in [0.25, 0.3) is 33.4 Å². The van der Waals surface area contributed by atoms with Gasteiger partial charge in [-0.2, -0.15) is 0 Å². The van der Waals surface area contributed by atoms with E-state index in [9.17, 15) is 0 Å². The van der Waals surface area contributed by atoms with Crippen LogP contribution in [-0.4, -0.2) is 52.7 Å². The lowest BCUT2D eigenvalue weighted by Gasteiger charge is -2.24. The van der Waals surface area contributed by atoms with Gasteiger partial charge in [0.15, 0.2) is 0 Å². The minimum Gasteiger partial charge on any atom is -0.496 e. The van der Waals surface area contributed by atoms with E-state index in [0.29, 0.717) is 12.1 Å². The maximum Gasteiger partial charge on any atom is 0.123 e. The van der Waals surface area contributed by atoms with Crippen LogP contribution in [0.3, 0.4) is 0 Å². The largest absolute Gasteiger partial charge is 0.496 e. The van der Waals surface area contributed by atoms with E-state index in [0.717, 1.165) is 87.8 Å². The Bertz CT molecular complexity index is 1500. The summed E-state index contributed by atoms with van der Waals surface area (Å²) in [7, 11) is 3.53. The molecule has 0 saturated carbocycles. The zero-order chi connectivity index (χ0) is 31.9. The molecule has 4 aromatic rings. The molecule has 6 nitrogen and oxygen atoms in total. The summed E-state index contributed by atoms with van der Waals surface area (Å²) in [6.07, 6.45) is 4.22. The van der Waals surface area contributed by atoms with E-state index in [1.807, 2.05) is 0 Å². The number of benzene rings is 4. The van der Waals surface area contributed by atoms with Crippen molar-refractivity contribution in [3.05, 3.63) is 95.1 Å². The second kappa shape index (κ2) is 15.3. The first kappa shape index (κ1) is 32.3. The summed E-state index contributed by atoms with van der Waals surface area (Å²) in [4.78, 5) is 0. The highest BCUT2D eigenvalue weighted by Gasteiger charge is 2.18. The molecule has 2 saturated heterocycles. The first-order chi connectivity index (χ1) is 22.6. The van der Waals surface area contributed by atoms with Gasteiger partial charge in [-0.05, 0) is 96.2 Å². The van der Waals surface area contributed by atoms with Gasteiger partial charge in [0.05, 0.1) is 14.2 Å². The van der Waals surface area contributed by atoms with Gasteiger partial charge in [0.2, 0.25) is 0 Å². The molecule has 2 aliphatic rings. The number of rotatable bonds is 11. The molecule has 6 rings (SSSR count). The molecule has 46 heavy (non-hydrogen) atoms. The first-order valence-electron chi connectivity index (χ1n) is 16.7. The van der Waals surface area contributed by atoms with Crippen molar-refractivity contribution in [3.8, 4) is 44.9 Å². The Morgan fingerprint density at radius 1 is 0.565 bits per heavy atom. The molecule has 0 spiro atoms. The Morgan fingerprint density at radius 3 is 1.35 bits per heavy atom. The molecule has 0 atom stereocenters. The van der Waals surface area contributed by atoms with E-state index < -0.39 is 0 Å². The molecule has 6 heteroatoms. The lowest BCUT2D eigenvalue weighted by Crippen LogP contribution is -2.34. The highest BCUT2D eigenvalue weighted by atomic mass is 16.5. The molecule has 0 amide bonds. The summed E-state index contributed by atoms with van der Waals surface area (Å²) >= 11 is 0. The molecule has 0 radical (unpaired) electrons. The van der Waals surface area contributed by atoms with Crippen molar-refractivity contribution in [2.75, 3.05) is 40.6 Å². The maximum absolute atomic E-state index is 5.88. The van der Waals surface area contributed by atoms with E-state index in [1.54, 1.807) is 14.2 Å². The third kappa shape index (κ3) is 7.31. The van der Waals surface area contributed by atoms with Crippen molar-refractivity contribution in [2.45, 2.75) is 64.7 Å². The Balaban J connectivity index is 1.24. The number of nitrogens with one attached hydrogen (secondary N) is 2. The third-order valence-corrected chi connectivity index (χ3v) is 9.76. The summed E-state index contributed by atoms with van der Waals surface area (Å²) in [5.74, 6) is 1.83. The van der Waals surface area contributed by atoms with Crippen LogP contribution in [0.4, 0.5) is 0 Å². The van der Waals surface area contributed by atoms with E-state index in [-0.39, 0.29) is 0 Å². The standard InChI is InChI=1S/C40H48N2O4/c1-27-35(29-11-13-31(39(23-29)43-3)25-41-33-15-19-45-20-16-33)7-5-9-37(27)38-10-6-8-36(28(38)2)30-12-14-32(40(24-30)44-4)26-42-34-17-21-46-22-18-34/h5-14,23-24,33-34,41-42H,15-22,25-26H2,1-4H3. The quantitative estimate of drug-likeness (QED) is 0.178. The van der Waals surface area contributed by atoms with Gasteiger partial charge in [0.1, 0.15) is 11.5 Å². The maximum atomic E-state index is 5.88. The topological polar surface area (TPSA) is 61.0 Å². The fraction of sp³-hybridized carbons (Fsp3) is 0.400. The molecule has 0 aromatic heterocycles. The van der Waals surface area contributed by atoms with Gasteiger partial charge in [0.25, 0.3) is 0 Å². The van der Waals surface area contributed by atoms with Crippen LogP contribution in [0.15, 0.2) is 72.8 Å². The molecular weight excluding hydrogens is 572 g/mol. The third-order valence-electron chi connectivity index (χ3n) is 9.76. The highest BCUT2D eigenvalue weighted by Crippen LogP contribution is 2.39. The van der Waals surface area contributed by atoms with Crippen LogP contribution in [0, 0.1) is 13.8 Å².